The van der Waals surface area contributed by atoms with Gasteiger partial charge in [-0.2, -0.15) is 4.98 Å². The number of para-hydroxylation sites is 2. The second-order valence-corrected chi connectivity index (χ2v) is 11.6. The van der Waals surface area contributed by atoms with Crippen molar-refractivity contribution in [2.45, 2.75) is 37.2 Å². The highest BCUT2D eigenvalue weighted by molar-refractivity contribution is 7.98. The van der Waals surface area contributed by atoms with Crippen LogP contribution in [0.25, 0.3) is 0 Å². The minimum Gasteiger partial charge on any atom is -0.493 e. The highest BCUT2D eigenvalue weighted by atomic mass is 32.2. The second kappa shape index (κ2) is 14.3. The number of allylic oxidation sites excluding steroid dienone is 1. The Morgan fingerprint density at radius 3 is 2.48 bits per heavy atom. The second-order valence-electron chi connectivity index (χ2n) is 10.6. The van der Waals surface area contributed by atoms with Crippen molar-refractivity contribution in [1.29, 1.82) is 0 Å². The third kappa shape index (κ3) is 7.07. The van der Waals surface area contributed by atoms with E-state index in [1.54, 1.807) is 22.9 Å². The van der Waals surface area contributed by atoms with Crippen LogP contribution in [-0.4, -0.2) is 33.9 Å². The van der Waals surface area contributed by atoms with Crippen LogP contribution in [-0.2, 0) is 17.0 Å². The maximum absolute atomic E-state index is 14.3. The lowest BCUT2D eigenvalue weighted by molar-refractivity contribution is -0.113. The Hall–Kier alpha value is -5.09. The van der Waals surface area contributed by atoms with Gasteiger partial charge in [0.2, 0.25) is 11.1 Å². The molecular formula is C36H34FN5O3S. The number of nitrogens with zero attached hydrogens (tertiary/aromatic N) is 3. The largest absolute Gasteiger partial charge is 0.493 e. The minimum atomic E-state index is -0.593. The zero-order valence-electron chi connectivity index (χ0n) is 25.6. The van der Waals surface area contributed by atoms with Gasteiger partial charge in [0, 0.05) is 17.9 Å². The van der Waals surface area contributed by atoms with E-state index < -0.39 is 6.04 Å². The summed E-state index contributed by atoms with van der Waals surface area (Å²) in [5.41, 5.74) is 4.29. The van der Waals surface area contributed by atoms with Gasteiger partial charge in [-0.25, -0.2) is 9.07 Å². The van der Waals surface area contributed by atoms with E-state index in [2.05, 4.69) is 22.8 Å². The lowest BCUT2D eigenvalue weighted by Gasteiger charge is -2.29. The molecule has 1 aliphatic heterocycles. The molecule has 10 heteroatoms. The van der Waals surface area contributed by atoms with E-state index in [-0.39, 0.29) is 11.7 Å². The topological polar surface area (TPSA) is 90.3 Å². The molecule has 6 rings (SSSR count). The number of hydrogen-bond donors (Lipinski definition) is 2. The zero-order valence-corrected chi connectivity index (χ0v) is 26.4. The number of hydrogen-bond acceptors (Lipinski definition) is 7. The van der Waals surface area contributed by atoms with Gasteiger partial charge in [0.15, 0.2) is 0 Å². The van der Waals surface area contributed by atoms with Crippen molar-refractivity contribution < 1.29 is 18.7 Å². The average Bonchev–Trinajstić information content (AvgIpc) is 3.48. The predicted octanol–water partition coefficient (Wildman–Crippen LogP) is 7.66. The molecular weight excluding hydrogens is 601 g/mol. The molecule has 0 saturated carbocycles. The van der Waals surface area contributed by atoms with Gasteiger partial charge in [-0.15, -0.1) is 5.10 Å². The van der Waals surface area contributed by atoms with Crippen molar-refractivity contribution in [3.05, 3.63) is 137 Å². The van der Waals surface area contributed by atoms with Crippen LogP contribution in [0.2, 0.25) is 0 Å². The summed E-state index contributed by atoms with van der Waals surface area (Å²) in [6, 6.07) is 31.3. The van der Waals surface area contributed by atoms with Gasteiger partial charge < -0.3 is 20.1 Å². The molecule has 0 saturated heterocycles. The molecule has 46 heavy (non-hydrogen) atoms. The lowest BCUT2D eigenvalue weighted by atomic mass is 9.95. The number of carbonyl (C=O) groups excluding carboxylic acids is 1. The first kappa shape index (κ1) is 30.9. The summed E-state index contributed by atoms with van der Waals surface area (Å²) in [7, 11) is 0. The first-order valence-corrected chi connectivity index (χ1v) is 16.1. The summed E-state index contributed by atoms with van der Waals surface area (Å²) in [4.78, 5) is 18.7. The van der Waals surface area contributed by atoms with Gasteiger partial charge in [-0.3, -0.25) is 4.79 Å². The molecule has 0 fully saturated rings. The highest BCUT2D eigenvalue weighted by Gasteiger charge is 2.35. The number of carbonyl (C=O) groups is 1. The predicted molar refractivity (Wildman–Crippen MR) is 179 cm³/mol. The number of halogens is 1. The van der Waals surface area contributed by atoms with Crippen molar-refractivity contribution in [1.82, 2.24) is 14.8 Å². The third-order valence-corrected chi connectivity index (χ3v) is 8.41. The van der Waals surface area contributed by atoms with Crippen LogP contribution in [0.15, 0.2) is 120 Å². The fraction of sp³-hybridized carbons (Fsp3) is 0.194. The summed E-state index contributed by atoms with van der Waals surface area (Å²) in [5, 5.41) is 11.6. The van der Waals surface area contributed by atoms with Crippen molar-refractivity contribution in [3.8, 4) is 11.5 Å². The van der Waals surface area contributed by atoms with Crippen LogP contribution in [0.1, 0.15) is 36.6 Å². The summed E-state index contributed by atoms with van der Waals surface area (Å²) in [6.07, 6.45) is 0.794. The Bertz CT molecular complexity index is 1840. The fourth-order valence-electron chi connectivity index (χ4n) is 5.27. The Labute approximate surface area is 271 Å². The molecule has 1 amide bonds. The van der Waals surface area contributed by atoms with E-state index >= 15 is 0 Å². The monoisotopic (exact) mass is 635 g/mol. The van der Waals surface area contributed by atoms with Gasteiger partial charge in [-0.1, -0.05) is 84.6 Å². The van der Waals surface area contributed by atoms with Crippen LogP contribution in [0.4, 0.5) is 16.0 Å². The molecule has 1 aliphatic rings. The lowest BCUT2D eigenvalue weighted by Crippen LogP contribution is -2.31. The van der Waals surface area contributed by atoms with Crippen molar-refractivity contribution in [3.63, 3.8) is 0 Å². The molecule has 5 aromatic rings. The van der Waals surface area contributed by atoms with Crippen LogP contribution < -0.4 is 20.1 Å². The van der Waals surface area contributed by atoms with Crippen LogP contribution >= 0.6 is 11.8 Å². The molecule has 8 nitrogen and oxygen atoms in total. The Kier molecular flexibility index (Phi) is 9.64. The van der Waals surface area contributed by atoms with E-state index in [4.69, 9.17) is 19.6 Å². The third-order valence-electron chi connectivity index (χ3n) is 7.53. The van der Waals surface area contributed by atoms with E-state index in [0.29, 0.717) is 58.3 Å². The molecule has 0 aliphatic carbocycles. The van der Waals surface area contributed by atoms with Crippen LogP contribution in [0, 0.1) is 5.82 Å². The summed E-state index contributed by atoms with van der Waals surface area (Å²) in [6.45, 7) is 4.75. The minimum absolute atomic E-state index is 0.273. The quantitative estimate of drug-likeness (QED) is 0.136. The normalized spacial score (nSPS) is 13.9. The molecule has 1 unspecified atom stereocenters. The number of nitrogens with one attached hydrogen (secondary N) is 2. The number of ether oxygens (including phenoxy) is 2. The number of anilines is 2. The van der Waals surface area contributed by atoms with E-state index in [0.717, 1.165) is 17.7 Å². The van der Waals surface area contributed by atoms with Gasteiger partial charge in [0.05, 0.1) is 24.5 Å². The fourth-order valence-corrected chi connectivity index (χ4v) is 6.09. The number of thioether (sulfide) groups is 1. The first-order valence-electron chi connectivity index (χ1n) is 15.1. The van der Waals surface area contributed by atoms with Gasteiger partial charge >= 0.3 is 0 Å². The maximum atomic E-state index is 14.3. The van der Waals surface area contributed by atoms with E-state index in [1.807, 2.05) is 80.6 Å². The van der Waals surface area contributed by atoms with Crippen molar-refractivity contribution in [2.75, 3.05) is 23.8 Å². The number of benzene rings is 4. The van der Waals surface area contributed by atoms with E-state index in [9.17, 15) is 9.18 Å². The molecule has 2 heterocycles. The van der Waals surface area contributed by atoms with Crippen molar-refractivity contribution >= 4 is 29.3 Å². The smallest absolute Gasteiger partial charge is 0.255 e. The molecule has 234 valence electrons. The molecule has 4 aromatic carbocycles. The number of aromatic nitrogens is 3. The van der Waals surface area contributed by atoms with Gasteiger partial charge in [0.25, 0.3) is 5.91 Å². The van der Waals surface area contributed by atoms with Gasteiger partial charge in [0.1, 0.15) is 23.4 Å². The molecule has 2 N–H and O–H groups in total. The summed E-state index contributed by atoms with van der Waals surface area (Å²) < 4.78 is 27.8. The standard InChI is InChI=1S/C36H34FN5O3S/c1-3-44-31-16-10-9-15-30(31)39-34(43)32-24(2)38-35-40-36(46-23-27-13-7-8-14-29(27)37)41-42(35)33(32)26-17-19-28(20-18-26)45-22-21-25-11-5-4-6-12-25/h4-20,33H,3,21-23H2,1-2H3,(H,39,43)(H,38,40,41). The number of rotatable bonds is 12. The highest BCUT2D eigenvalue weighted by Crippen LogP contribution is 2.38. The Morgan fingerprint density at radius 1 is 0.957 bits per heavy atom. The number of amides is 1. The molecule has 1 aromatic heterocycles. The van der Waals surface area contributed by atoms with Gasteiger partial charge in [-0.05, 0) is 60.9 Å². The first-order chi connectivity index (χ1) is 22.5. The summed E-state index contributed by atoms with van der Waals surface area (Å²) >= 11 is 1.33. The average molecular weight is 636 g/mol. The number of fused-ring (bicyclic) bond motifs is 1. The SMILES string of the molecule is CCOc1ccccc1NC(=O)C1=C(C)Nc2nc(SCc3ccccc3F)nn2C1c1ccc(OCCc2ccccc2)cc1. The Balaban J connectivity index is 1.28. The molecule has 0 bridgehead atoms. The molecule has 1 atom stereocenters. The summed E-state index contributed by atoms with van der Waals surface area (Å²) in [5.74, 6) is 1.60. The van der Waals surface area contributed by atoms with Crippen molar-refractivity contribution in [2.24, 2.45) is 0 Å². The molecule has 0 spiro atoms. The zero-order chi connectivity index (χ0) is 31.9. The van der Waals surface area contributed by atoms with Crippen LogP contribution in [0.5, 0.6) is 11.5 Å². The van der Waals surface area contributed by atoms with E-state index in [1.165, 1.54) is 23.4 Å². The Morgan fingerprint density at radius 2 is 1.70 bits per heavy atom. The maximum Gasteiger partial charge on any atom is 0.255 e. The molecule has 0 radical (unpaired) electrons. The van der Waals surface area contributed by atoms with Crippen LogP contribution in [0.3, 0.4) is 0 Å².